The average Bonchev–Trinajstić information content (AvgIpc) is 2.04. The van der Waals surface area contributed by atoms with Gasteiger partial charge in [0.25, 0.3) is 0 Å². The number of likely N-dealkylation sites (tertiary alicyclic amines) is 2. The van der Waals surface area contributed by atoms with Gasteiger partial charge in [-0.2, -0.15) is 0 Å². The molecular weight excluding hydrogens is 1220 g/mol. The summed E-state index contributed by atoms with van der Waals surface area (Å²) in [7, 11) is -3.81. The van der Waals surface area contributed by atoms with Crippen LogP contribution in [0.4, 0.5) is 10.3 Å². The molecule has 4 atom stereocenters. The Kier molecular flexibility index (Phi) is 17.3. The van der Waals surface area contributed by atoms with Crippen LogP contribution in [0.2, 0.25) is 56.4 Å². The zero-order valence-electron chi connectivity index (χ0n) is 49.3. The molecule has 2 N–H and O–H groups in total. The van der Waals surface area contributed by atoms with Gasteiger partial charge in [-0.1, -0.05) is 135 Å². The van der Waals surface area contributed by atoms with Crippen LogP contribution in [0.3, 0.4) is 0 Å². The summed E-state index contributed by atoms with van der Waals surface area (Å²) in [4.78, 5) is 43.4. The standard InChI is InChI=1S/2C31H37Cl2N3O4SSi/c2*1-30(2,3)42(4,5)40-21-10-13-36(17-21)27(19-6-8-22(32)23(33)14-19)26-16-34-29(41-26)35-28(37)31(11-12-31)20-7-9-24-25(15-20)39-18-38-24/h2*6-9,14-16,21,27H,10-13,17-18H2,1-5H3,(H,34,35,37)/t21-,27+;21-,27-/m11/s1. The molecule has 4 aromatic carbocycles. The molecule has 6 heterocycles. The highest BCUT2D eigenvalue weighted by atomic mass is 35.5. The van der Waals surface area contributed by atoms with Gasteiger partial charge in [0.05, 0.1) is 55.2 Å². The van der Waals surface area contributed by atoms with Crippen LogP contribution in [-0.4, -0.2) is 100 Å². The largest absolute Gasteiger partial charge is 0.454 e. The van der Waals surface area contributed by atoms with Gasteiger partial charge in [0.15, 0.2) is 49.9 Å². The number of anilines is 2. The van der Waals surface area contributed by atoms with E-state index in [0.29, 0.717) is 53.4 Å². The van der Waals surface area contributed by atoms with Gasteiger partial charge in [-0.05, 0) is 146 Å². The first-order chi connectivity index (χ1) is 39.7. The van der Waals surface area contributed by atoms with Gasteiger partial charge in [-0.3, -0.25) is 19.4 Å². The maximum absolute atomic E-state index is 13.6. The second-order valence-electron chi connectivity index (χ2n) is 26.1. The first-order valence-corrected chi connectivity index (χ1v) is 37.8. The summed E-state index contributed by atoms with van der Waals surface area (Å²) in [5.41, 5.74) is 2.83. The van der Waals surface area contributed by atoms with E-state index in [-0.39, 0.29) is 59.8 Å². The fourth-order valence-electron chi connectivity index (χ4n) is 11.1. The van der Waals surface area contributed by atoms with Crippen LogP contribution in [0.25, 0.3) is 0 Å². The summed E-state index contributed by atoms with van der Waals surface area (Å²) in [6.45, 7) is 26.7. The zero-order chi connectivity index (χ0) is 59.7. The van der Waals surface area contributed by atoms with Gasteiger partial charge in [0.2, 0.25) is 25.4 Å². The lowest BCUT2D eigenvalue weighted by molar-refractivity contribution is -0.119. The van der Waals surface area contributed by atoms with E-state index in [1.165, 1.54) is 22.7 Å². The summed E-state index contributed by atoms with van der Waals surface area (Å²) < 4.78 is 35.6. The van der Waals surface area contributed by atoms with E-state index in [1.54, 1.807) is 0 Å². The first kappa shape index (κ1) is 61.4. The van der Waals surface area contributed by atoms with E-state index in [0.717, 1.165) is 96.7 Å². The summed E-state index contributed by atoms with van der Waals surface area (Å²) in [5.74, 6) is 2.72. The third-order valence-corrected chi connectivity index (χ3v) is 30.9. The quantitative estimate of drug-likeness (QED) is 0.0890. The van der Waals surface area contributed by atoms with Crippen LogP contribution in [-0.2, 0) is 29.3 Å². The summed E-state index contributed by atoms with van der Waals surface area (Å²) in [6.07, 6.45) is 9.14. The third-order valence-electron chi connectivity index (χ3n) is 18.4. The Balaban J connectivity index is 0.000000175. The SMILES string of the molecule is CC(C)(C)[Si](C)(C)O[C@@H]1CCN([C@@H](c2ccc(Cl)c(Cl)c2)c2cnc(NC(=O)C3(c4ccc5c(c4)OCO5)CC3)s2)C1.CC(C)(C)[Si](C)(C)O[C@@H]1CCN([C@H](c2ccc(Cl)c(Cl)c2)c2cnc(NC(=O)C3(c4ccc5c(c4)OCO5)CC3)s2)C1. The highest BCUT2D eigenvalue weighted by Crippen LogP contribution is 2.53. The number of fused-ring (bicyclic) bond motifs is 2. The fraction of sp³-hybridized carbons (Fsp3) is 0.484. The Labute approximate surface area is 523 Å². The molecule has 6 aliphatic rings. The monoisotopic (exact) mass is 1290 g/mol. The number of carbonyl (C=O) groups excluding carboxylic acids is 2. The van der Waals surface area contributed by atoms with Crippen LogP contribution in [0.1, 0.15) is 124 Å². The normalized spacial score (nSPS) is 20.5. The molecule has 2 saturated carbocycles. The third kappa shape index (κ3) is 12.7. The summed E-state index contributed by atoms with van der Waals surface area (Å²) >= 11 is 28.6. The second-order valence-corrected chi connectivity index (χ2v) is 39.3. The topological polar surface area (TPSA) is 146 Å². The Hall–Kier alpha value is -4.29. The Morgan fingerprint density at radius 3 is 1.31 bits per heavy atom. The number of nitrogens with zero attached hydrogens (tertiary/aromatic N) is 4. The van der Waals surface area contributed by atoms with Gasteiger partial charge < -0.3 is 38.4 Å². The number of amides is 2. The van der Waals surface area contributed by atoms with Gasteiger partial charge in [0.1, 0.15) is 0 Å². The number of carbonyl (C=O) groups is 2. The van der Waals surface area contributed by atoms with Crippen molar-refractivity contribution in [2.75, 3.05) is 50.4 Å². The number of halogens is 4. The van der Waals surface area contributed by atoms with Crippen molar-refractivity contribution in [3.8, 4) is 23.0 Å². The molecule has 448 valence electrons. The van der Waals surface area contributed by atoms with Crippen molar-refractivity contribution < 1.29 is 37.4 Å². The molecule has 0 radical (unpaired) electrons. The van der Waals surface area contributed by atoms with E-state index < -0.39 is 27.5 Å². The molecule has 0 bridgehead atoms. The minimum atomic E-state index is -1.91. The Morgan fingerprint density at radius 1 is 0.571 bits per heavy atom. The van der Waals surface area contributed by atoms with Crippen molar-refractivity contribution in [2.45, 2.75) is 151 Å². The van der Waals surface area contributed by atoms with E-state index >= 15 is 0 Å². The molecule has 2 saturated heterocycles. The van der Waals surface area contributed by atoms with Crippen LogP contribution < -0.4 is 29.6 Å². The molecule has 2 amide bonds. The highest BCUT2D eigenvalue weighted by Gasteiger charge is 2.53. The van der Waals surface area contributed by atoms with Crippen LogP contribution in [0.5, 0.6) is 23.0 Å². The Bertz CT molecular complexity index is 3230. The van der Waals surface area contributed by atoms with Gasteiger partial charge >= 0.3 is 0 Å². The van der Waals surface area contributed by atoms with Crippen LogP contribution in [0, 0.1) is 0 Å². The minimum absolute atomic E-state index is 0.0441. The lowest BCUT2D eigenvalue weighted by Gasteiger charge is -2.38. The number of thiazole rings is 2. The van der Waals surface area contributed by atoms with Crippen molar-refractivity contribution in [1.29, 1.82) is 0 Å². The van der Waals surface area contributed by atoms with Gasteiger partial charge in [-0.15, -0.1) is 0 Å². The average molecular weight is 1290 g/mol. The van der Waals surface area contributed by atoms with E-state index in [4.69, 9.17) is 74.2 Å². The van der Waals surface area contributed by atoms with E-state index in [1.807, 2.05) is 85.2 Å². The van der Waals surface area contributed by atoms with Crippen molar-refractivity contribution >= 4 is 108 Å². The molecule has 12 rings (SSSR count). The smallest absolute Gasteiger partial charge is 0.236 e. The number of aromatic nitrogens is 2. The molecule has 0 spiro atoms. The first-order valence-electron chi connectivity index (χ1n) is 28.8. The van der Waals surface area contributed by atoms with Crippen LogP contribution in [0.15, 0.2) is 85.2 Å². The summed E-state index contributed by atoms with van der Waals surface area (Å²) in [6, 6.07) is 23.0. The van der Waals surface area contributed by atoms with Gasteiger partial charge in [0, 0.05) is 48.3 Å². The highest BCUT2D eigenvalue weighted by molar-refractivity contribution is 7.16. The van der Waals surface area contributed by atoms with Crippen LogP contribution >= 0.6 is 69.1 Å². The molecule has 2 aliphatic carbocycles. The molecule has 22 heteroatoms. The number of rotatable bonds is 16. The molecule has 4 aliphatic heterocycles. The number of hydrogen-bond acceptors (Lipinski definition) is 14. The predicted octanol–water partition coefficient (Wildman–Crippen LogP) is 16.1. The van der Waals surface area contributed by atoms with Gasteiger partial charge in [-0.25, -0.2) is 9.97 Å². The molecule has 2 aromatic heterocycles. The number of nitrogens with one attached hydrogen (secondary N) is 2. The van der Waals surface area contributed by atoms with Crippen molar-refractivity contribution in [3.05, 3.63) is 137 Å². The van der Waals surface area contributed by atoms with Crippen molar-refractivity contribution in [1.82, 2.24) is 19.8 Å². The Morgan fingerprint density at radius 2 is 0.952 bits per heavy atom. The lowest BCUT2D eigenvalue weighted by atomic mass is 9.94. The second kappa shape index (κ2) is 23.7. The van der Waals surface area contributed by atoms with Crippen molar-refractivity contribution in [3.63, 3.8) is 0 Å². The maximum Gasteiger partial charge on any atom is 0.236 e. The molecular formula is C62H74Cl4N6O8S2Si2. The number of benzene rings is 4. The molecule has 84 heavy (non-hydrogen) atoms. The molecule has 14 nitrogen and oxygen atoms in total. The number of hydrogen-bond donors (Lipinski definition) is 2. The predicted molar refractivity (Wildman–Crippen MR) is 342 cm³/mol. The number of ether oxygens (including phenoxy) is 4. The van der Waals surface area contributed by atoms with E-state index in [9.17, 15) is 9.59 Å². The maximum atomic E-state index is 13.6. The lowest BCUT2D eigenvalue weighted by Crippen LogP contribution is -2.44. The molecule has 0 unspecified atom stereocenters. The van der Waals surface area contributed by atoms with E-state index in [2.05, 4.69) is 98.1 Å². The minimum Gasteiger partial charge on any atom is -0.454 e. The molecule has 6 aromatic rings. The fourth-order valence-corrected chi connectivity index (χ4v) is 16.5. The zero-order valence-corrected chi connectivity index (χ0v) is 55.9. The summed E-state index contributed by atoms with van der Waals surface area (Å²) in [5, 5.41) is 9.78. The molecule has 4 fully saturated rings. The van der Waals surface area contributed by atoms with Crippen molar-refractivity contribution in [2.24, 2.45) is 0 Å².